The van der Waals surface area contributed by atoms with Crippen LogP contribution >= 0.6 is 11.6 Å². The highest BCUT2D eigenvalue weighted by atomic mass is 35.5. The van der Waals surface area contributed by atoms with Gasteiger partial charge < -0.3 is 15.3 Å². The SMILES string of the molecule is CCCCN(C)CCC.CCc1ccc(-c2cc(C3CCC(O)CC3)n3nc(Nc4cc(F)cc(Cl)c4)ncc23)cc1. The summed E-state index contributed by atoms with van der Waals surface area (Å²) in [6.45, 7) is 9.12. The first-order valence-corrected chi connectivity index (χ1v) is 15.8. The van der Waals surface area contributed by atoms with E-state index in [0.717, 1.165) is 54.4 Å². The molecule has 6 nitrogen and oxygen atoms in total. The first-order chi connectivity index (χ1) is 20.3. The Bertz CT molecular complexity index is 1400. The molecule has 1 aliphatic rings. The number of benzene rings is 2. The number of fused-ring (bicyclic) bond motifs is 1. The van der Waals surface area contributed by atoms with Crippen molar-refractivity contribution >= 4 is 28.8 Å². The summed E-state index contributed by atoms with van der Waals surface area (Å²) in [5.41, 5.74) is 6.01. The molecule has 2 aromatic carbocycles. The number of nitrogens with one attached hydrogen (secondary N) is 1. The van der Waals surface area contributed by atoms with Crippen LogP contribution in [-0.2, 0) is 6.42 Å². The van der Waals surface area contributed by atoms with Crippen molar-refractivity contribution in [2.24, 2.45) is 0 Å². The molecule has 0 unspecified atom stereocenters. The van der Waals surface area contributed by atoms with Gasteiger partial charge in [0, 0.05) is 27.9 Å². The van der Waals surface area contributed by atoms with Gasteiger partial charge in [-0.3, -0.25) is 0 Å². The fourth-order valence-corrected chi connectivity index (χ4v) is 5.78. The minimum Gasteiger partial charge on any atom is -0.393 e. The van der Waals surface area contributed by atoms with Crippen LogP contribution in [0.1, 0.15) is 82.9 Å². The van der Waals surface area contributed by atoms with Crippen LogP contribution < -0.4 is 5.32 Å². The van der Waals surface area contributed by atoms with Crippen LogP contribution in [0.5, 0.6) is 0 Å². The van der Waals surface area contributed by atoms with Crippen molar-refractivity contribution in [3.63, 3.8) is 0 Å². The number of anilines is 2. The van der Waals surface area contributed by atoms with E-state index in [0.29, 0.717) is 22.6 Å². The molecule has 0 bridgehead atoms. The van der Waals surface area contributed by atoms with Crippen LogP contribution in [0.3, 0.4) is 0 Å². The Kier molecular flexibility index (Phi) is 11.8. The molecule has 226 valence electrons. The normalized spacial score (nSPS) is 16.9. The summed E-state index contributed by atoms with van der Waals surface area (Å²) < 4.78 is 15.7. The fraction of sp³-hybridized carbons (Fsp3) is 0.471. The molecule has 0 radical (unpaired) electrons. The van der Waals surface area contributed by atoms with Crippen molar-refractivity contribution in [1.82, 2.24) is 19.5 Å². The summed E-state index contributed by atoms with van der Waals surface area (Å²) in [7, 11) is 2.19. The zero-order valence-electron chi connectivity index (χ0n) is 25.4. The number of halogens is 2. The third-order valence-corrected chi connectivity index (χ3v) is 8.17. The van der Waals surface area contributed by atoms with E-state index in [1.165, 1.54) is 50.0 Å². The van der Waals surface area contributed by atoms with Crippen molar-refractivity contribution < 1.29 is 9.50 Å². The van der Waals surface area contributed by atoms with Gasteiger partial charge in [-0.15, -0.1) is 5.10 Å². The molecular weight excluding hydrogens is 549 g/mol. The molecular formula is C34H45ClFN5O. The summed E-state index contributed by atoms with van der Waals surface area (Å²) in [6, 6.07) is 15.1. The molecule has 0 atom stereocenters. The first kappa shape index (κ1) is 31.9. The van der Waals surface area contributed by atoms with Crippen molar-refractivity contribution in [3.05, 3.63) is 76.8 Å². The third-order valence-electron chi connectivity index (χ3n) is 7.95. The second kappa shape index (κ2) is 15.5. The van der Waals surface area contributed by atoms with E-state index < -0.39 is 5.82 Å². The highest BCUT2D eigenvalue weighted by molar-refractivity contribution is 6.30. The molecule has 0 spiro atoms. The average molecular weight is 594 g/mol. The average Bonchev–Trinajstić information content (AvgIpc) is 3.35. The highest BCUT2D eigenvalue weighted by Gasteiger charge is 2.25. The number of hydrogen-bond acceptors (Lipinski definition) is 5. The van der Waals surface area contributed by atoms with Crippen molar-refractivity contribution in [2.45, 2.75) is 84.2 Å². The van der Waals surface area contributed by atoms with E-state index in [2.05, 4.69) is 73.4 Å². The third kappa shape index (κ3) is 8.52. The number of aliphatic hydroxyl groups is 1. The van der Waals surface area contributed by atoms with E-state index in [1.807, 2.05) is 4.52 Å². The molecule has 2 aromatic heterocycles. The highest BCUT2D eigenvalue weighted by Crippen LogP contribution is 2.38. The number of hydrogen-bond donors (Lipinski definition) is 2. The fourth-order valence-electron chi connectivity index (χ4n) is 5.56. The Morgan fingerprint density at radius 3 is 2.38 bits per heavy atom. The van der Waals surface area contributed by atoms with Gasteiger partial charge in [0.15, 0.2) is 0 Å². The molecule has 2 N–H and O–H groups in total. The van der Waals surface area contributed by atoms with Crippen LogP contribution in [-0.4, -0.2) is 50.8 Å². The van der Waals surface area contributed by atoms with Gasteiger partial charge in [-0.1, -0.05) is 63.1 Å². The Morgan fingerprint density at radius 2 is 1.74 bits per heavy atom. The summed E-state index contributed by atoms with van der Waals surface area (Å²) in [4.78, 5) is 6.90. The van der Waals surface area contributed by atoms with Gasteiger partial charge in [0.25, 0.3) is 0 Å². The van der Waals surface area contributed by atoms with E-state index >= 15 is 0 Å². The molecule has 42 heavy (non-hydrogen) atoms. The minimum absolute atomic E-state index is 0.224. The maximum atomic E-state index is 13.8. The number of aliphatic hydroxyl groups excluding tert-OH is 1. The van der Waals surface area contributed by atoms with E-state index in [4.69, 9.17) is 16.7 Å². The van der Waals surface area contributed by atoms with Crippen LogP contribution in [0.2, 0.25) is 5.02 Å². The number of aromatic nitrogens is 3. The second-order valence-corrected chi connectivity index (χ2v) is 11.8. The van der Waals surface area contributed by atoms with Crippen LogP contribution in [0, 0.1) is 5.82 Å². The molecule has 4 aromatic rings. The molecule has 8 heteroatoms. The molecule has 2 heterocycles. The van der Waals surface area contributed by atoms with Crippen molar-refractivity contribution in [2.75, 3.05) is 25.5 Å². The zero-order chi connectivity index (χ0) is 30.1. The molecule has 1 fully saturated rings. The number of aryl methyl sites for hydroxylation is 1. The summed E-state index contributed by atoms with van der Waals surface area (Å²) in [6.07, 6.45) is 9.91. The zero-order valence-corrected chi connectivity index (χ0v) is 26.2. The second-order valence-electron chi connectivity index (χ2n) is 11.4. The van der Waals surface area contributed by atoms with E-state index in [9.17, 15) is 9.50 Å². The summed E-state index contributed by atoms with van der Waals surface area (Å²) >= 11 is 6.00. The number of nitrogens with zero attached hydrogens (tertiary/aromatic N) is 4. The Morgan fingerprint density at radius 1 is 1.00 bits per heavy atom. The van der Waals surface area contributed by atoms with Gasteiger partial charge in [0.1, 0.15) is 5.82 Å². The van der Waals surface area contributed by atoms with Crippen molar-refractivity contribution in [1.29, 1.82) is 0 Å². The molecule has 1 saturated carbocycles. The van der Waals surface area contributed by atoms with Crippen LogP contribution in [0.4, 0.5) is 16.0 Å². The van der Waals surface area contributed by atoms with Gasteiger partial charge in [-0.2, -0.15) is 0 Å². The maximum Gasteiger partial charge on any atom is 0.245 e. The first-order valence-electron chi connectivity index (χ1n) is 15.4. The Balaban J connectivity index is 0.000000392. The number of unbranched alkanes of at least 4 members (excludes halogenated alkanes) is 1. The van der Waals surface area contributed by atoms with Gasteiger partial charge in [0.2, 0.25) is 5.95 Å². The lowest BCUT2D eigenvalue weighted by molar-refractivity contribution is 0.121. The van der Waals surface area contributed by atoms with Gasteiger partial charge >= 0.3 is 0 Å². The summed E-state index contributed by atoms with van der Waals surface area (Å²) in [5, 5.41) is 18.1. The van der Waals surface area contributed by atoms with Gasteiger partial charge in [-0.25, -0.2) is 13.9 Å². The topological polar surface area (TPSA) is 65.7 Å². The van der Waals surface area contributed by atoms with Crippen molar-refractivity contribution in [3.8, 4) is 11.1 Å². The molecule has 1 aliphatic carbocycles. The molecule has 5 rings (SSSR count). The predicted molar refractivity (Wildman–Crippen MR) is 172 cm³/mol. The lowest BCUT2D eigenvalue weighted by Crippen LogP contribution is -2.19. The Hall–Kier alpha value is -3.00. The summed E-state index contributed by atoms with van der Waals surface area (Å²) in [5.74, 6) is 0.243. The molecule has 0 aliphatic heterocycles. The largest absolute Gasteiger partial charge is 0.393 e. The lowest BCUT2D eigenvalue weighted by Gasteiger charge is -2.25. The predicted octanol–water partition coefficient (Wildman–Crippen LogP) is 8.64. The van der Waals surface area contributed by atoms with Crippen LogP contribution in [0.15, 0.2) is 54.7 Å². The smallest absolute Gasteiger partial charge is 0.245 e. The molecule has 0 saturated heterocycles. The Labute approximate surface area is 254 Å². The molecule has 0 amide bonds. The standard InChI is InChI=1S/C26H26ClFN4O.C8H19N/c1-2-16-3-5-17(6-4-16)23-14-24(18-7-9-22(33)10-8-18)32-25(23)15-29-26(31-32)30-21-12-19(27)11-20(28)13-21;1-4-6-8-9(3)7-5-2/h3-6,11-15,18,22,33H,2,7-10H2,1H3,(H,30,31);4-8H2,1-3H3. The lowest BCUT2D eigenvalue weighted by atomic mass is 9.85. The van der Waals surface area contributed by atoms with Gasteiger partial charge in [0.05, 0.1) is 17.8 Å². The quantitative estimate of drug-likeness (QED) is 0.193. The van der Waals surface area contributed by atoms with E-state index in [1.54, 1.807) is 12.3 Å². The van der Waals surface area contributed by atoms with Crippen LogP contribution in [0.25, 0.3) is 16.6 Å². The maximum absolute atomic E-state index is 13.8. The van der Waals surface area contributed by atoms with E-state index in [-0.39, 0.29) is 6.10 Å². The minimum atomic E-state index is -0.425. The number of rotatable bonds is 10. The monoisotopic (exact) mass is 593 g/mol. The van der Waals surface area contributed by atoms with Gasteiger partial charge in [-0.05, 0) is 100 Å².